The minimum Gasteiger partial charge on any atom is -0.496 e. The molecule has 0 aliphatic carbocycles. The summed E-state index contributed by atoms with van der Waals surface area (Å²) >= 11 is 5.96. The number of hydrogen-bond acceptors (Lipinski definition) is 2. The van der Waals surface area contributed by atoms with Crippen LogP contribution >= 0.6 is 11.6 Å². The van der Waals surface area contributed by atoms with Crippen molar-refractivity contribution in [3.05, 3.63) is 64.4 Å². The lowest BCUT2D eigenvalue weighted by molar-refractivity contribution is 0.406. The molecule has 1 N–H and O–H groups in total. The molecule has 2 nitrogen and oxygen atoms in total. The van der Waals surface area contributed by atoms with Gasteiger partial charge in [0.2, 0.25) is 0 Å². The van der Waals surface area contributed by atoms with Gasteiger partial charge in [0, 0.05) is 16.6 Å². The maximum Gasteiger partial charge on any atom is 0.128 e. The number of halogens is 2. The van der Waals surface area contributed by atoms with E-state index in [2.05, 4.69) is 5.32 Å². The second kappa shape index (κ2) is 6.73. The molecule has 2 rings (SSSR count). The maximum absolute atomic E-state index is 14.0. The normalized spacial score (nSPS) is 12.2. The lowest BCUT2D eigenvalue weighted by atomic mass is 9.98. The van der Waals surface area contributed by atoms with E-state index in [-0.39, 0.29) is 11.9 Å². The Bertz CT molecular complexity index is 588. The fraction of sp³-hybridized carbons (Fsp3) is 0.250. The average molecular weight is 294 g/mol. The first-order chi connectivity index (χ1) is 9.65. The monoisotopic (exact) mass is 293 g/mol. The van der Waals surface area contributed by atoms with Crippen molar-refractivity contribution in [2.75, 3.05) is 14.2 Å². The number of benzene rings is 2. The maximum atomic E-state index is 14.0. The van der Waals surface area contributed by atoms with Crippen LogP contribution in [-0.4, -0.2) is 14.2 Å². The Labute approximate surface area is 123 Å². The number of para-hydroxylation sites is 1. The van der Waals surface area contributed by atoms with Crippen molar-refractivity contribution in [3.63, 3.8) is 0 Å². The van der Waals surface area contributed by atoms with Gasteiger partial charge >= 0.3 is 0 Å². The summed E-state index contributed by atoms with van der Waals surface area (Å²) in [6.45, 7) is 0. The van der Waals surface area contributed by atoms with E-state index in [1.165, 1.54) is 6.07 Å². The van der Waals surface area contributed by atoms with E-state index in [1.54, 1.807) is 26.3 Å². The summed E-state index contributed by atoms with van der Waals surface area (Å²) in [6, 6.07) is 12.2. The number of nitrogens with one attached hydrogen (secondary N) is 1. The molecule has 1 atom stereocenters. The van der Waals surface area contributed by atoms with Crippen LogP contribution in [0.1, 0.15) is 17.2 Å². The van der Waals surface area contributed by atoms with Crippen molar-refractivity contribution >= 4 is 11.6 Å². The Morgan fingerprint density at radius 3 is 2.70 bits per heavy atom. The molecule has 2 aromatic carbocycles. The molecule has 0 aliphatic heterocycles. The highest BCUT2D eigenvalue weighted by molar-refractivity contribution is 6.30. The molecule has 1 unspecified atom stereocenters. The number of likely N-dealkylation sites (N-methyl/N-ethyl adjacent to an activating group) is 1. The summed E-state index contributed by atoms with van der Waals surface area (Å²) in [4.78, 5) is 0. The van der Waals surface area contributed by atoms with Crippen LogP contribution < -0.4 is 10.1 Å². The molecule has 0 amide bonds. The molecule has 0 saturated heterocycles. The van der Waals surface area contributed by atoms with E-state index < -0.39 is 0 Å². The molecule has 0 radical (unpaired) electrons. The number of ether oxygens (including phenoxy) is 1. The minimum absolute atomic E-state index is 0.162. The van der Waals surface area contributed by atoms with E-state index in [0.717, 1.165) is 11.3 Å². The Balaban J connectivity index is 2.31. The van der Waals surface area contributed by atoms with Crippen molar-refractivity contribution < 1.29 is 9.13 Å². The lowest BCUT2D eigenvalue weighted by Crippen LogP contribution is -2.20. The lowest BCUT2D eigenvalue weighted by Gasteiger charge is -2.19. The summed E-state index contributed by atoms with van der Waals surface area (Å²) in [6.07, 6.45) is 0.623. The minimum atomic E-state index is -0.261. The van der Waals surface area contributed by atoms with Crippen LogP contribution in [0, 0.1) is 5.82 Å². The van der Waals surface area contributed by atoms with Gasteiger partial charge in [-0.25, -0.2) is 4.39 Å². The summed E-state index contributed by atoms with van der Waals surface area (Å²) in [5.74, 6) is 0.541. The molecular formula is C16H17ClFNO. The van der Waals surface area contributed by atoms with E-state index in [1.807, 2.05) is 24.3 Å². The Morgan fingerprint density at radius 2 is 2.00 bits per heavy atom. The standard InChI is InChI=1S/C16H17ClFNO/c1-19-15(13-10-12(17)7-8-14(13)18)9-11-5-3-4-6-16(11)20-2/h3-8,10,15,19H,9H2,1-2H3. The fourth-order valence-corrected chi connectivity index (χ4v) is 2.42. The van der Waals surface area contributed by atoms with Crippen LogP contribution in [0.5, 0.6) is 5.75 Å². The highest BCUT2D eigenvalue weighted by Crippen LogP contribution is 2.27. The molecule has 0 saturated carbocycles. The predicted molar refractivity (Wildman–Crippen MR) is 79.9 cm³/mol. The van der Waals surface area contributed by atoms with Gasteiger partial charge in [0.1, 0.15) is 11.6 Å². The zero-order valence-electron chi connectivity index (χ0n) is 11.5. The SMILES string of the molecule is CNC(Cc1ccccc1OC)c1cc(Cl)ccc1F. The summed E-state index contributed by atoms with van der Waals surface area (Å²) in [5.41, 5.74) is 1.58. The molecule has 0 fully saturated rings. The van der Waals surface area contributed by atoms with Gasteiger partial charge < -0.3 is 10.1 Å². The van der Waals surface area contributed by atoms with Crippen LogP contribution in [0.15, 0.2) is 42.5 Å². The van der Waals surface area contributed by atoms with E-state index in [0.29, 0.717) is 17.0 Å². The van der Waals surface area contributed by atoms with E-state index in [9.17, 15) is 4.39 Å². The number of methoxy groups -OCH3 is 1. The third kappa shape index (κ3) is 3.30. The van der Waals surface area contributed by atoms with Crippen LogP contribution in [0.3, 0.4) is 0 Å². The first-order valence-corrected chi connectivity index (χ1v) is 6.77. The summed E-state index contributed by atoms with van der Waals surface area (Å²) in [7, 11) is 3.44. The molecule has 4 heteroatoms. The van der Waals surface area contributed by atoms with Crippen LogP contribution in [-0.2, 0) is 6.42 Å². The van der Waals surface area contributed by atoms with Crippen molar-refractivity contribution in [2.45, 2.75) is 12.5 Å². The molecule has 0 heterocycles. The molecule has 106 valence electrons. The first kappa shape index (κ1) is 14.8. The second-order valence-corrected chi connectivity index (χ2v) is 4.96. The molecule has 20 heavy (non-hydrogen) atoms. The van der Waals surface area contributed by atoms with Crippen LogP contribution in [0.25, 0.3) is 0 Å². The van der Waals surface area contributed by atoms with Crippen LogP contribution in [0.2, 0.25) is 5.02 Å². The van der Waals surface area contributed by atoms with Gasteiger partial charge in [-0.2, -0.15) is 0 Å². The van der Waals surface area contributed by atoms with Crippen molar-refractivity contribution in [2.24, 2.45) is 0 Å². The second-order valence-electron chi connectivity index (χ2n) is 4.52. The van der Waals surface area contributed by atoms with E-state index >= 15 is 0 Å². The average Bonchev–Trinajstić information content (AvgIpc) is 2.48. The summed E-state index contributed by atoms with van der Waals surface area (Å²) < 4.78 is 19.3. The van der Waals surface area contributed by atoms with Gasteiger partial charge in [0.15, 0.2) is 0 Å². The molecule has 0 bridgehead atoms. The molecule has 0 spiro atoms. The Hall–Kier alpha value is -1.58. The number of rotatable bonds is 5. The first-order valence-electron chi connectivity index (χ1n) is 6.39. The molecule has 0 aromatic heterocycles. The third-order valence-corrected chi connectivity index (χ3v) is 3.53. The van der Waals surface area contributed by atoms with Gasteiger partial charge in [-0.05, 0) is 43.3 Å². The van der Waals surface area contributed by atoms with Gasteiger partial charge in [-0.15, -0.1) is 0 Å². The zero-order chi connectivity index (χ0) is 14.5. The quantitative estimate of drug-likeness (QED) is 0.900. The topological polar surface area (TPSA) is 21.3 Å². The number of hydrogen-bond donors (Lipinski definition) is 1. The highest BCUT2D eigenvalue weighted by Gasteiger charge is 2.17. The highest BCUT2D eigenvalue weighted by atomic mass is 35.5. The Morgan fingerprint density at radius 1 is 1.25 bits per heavy atom. The smallest absolute Gasteiger partial charge is 0.128 e. The van der Waals surface area contributed by atoms with Gasteiger partial charge in [-0.3, -0.25) is 0 Å². The third-order valence-electron chi connectivity index (χ3n) is 3.30. The Kier molecular flexibility index (Phi) is 4.99. The van der Waals surface area contributed by atoms with Crippen LogP contribution in [0.4, 0.5) is 4.39 Å². The molecular weight excluding hydrogens is 277 g/mol. The van der Waals surface area contributed by atoms with Gasteiger partial charge in [-0.1, -0.05) is 29.8 Å². The van der Waals surface area contributed by atoms with Gasteiger partial charge in [0.05, 0.1) is 7.11 Å². The summed E-state index contributed by atoms with van der Waals surface area (Å²) in [5, 5.41) is 3.66. The van der Waals surface area contributed by atoms with Crippen molar-refractivity contribution in [3.8, 4) is 5.75 Å². The largest absolute Gasteiger partial charge is 0.496 e. The van der Waals surface area contributed by atoms with E-state index in [4.69, 9.17) is 16.3 Å². The molecule has 2 aromatic rings. The molecule has 0 aliphatic rings. The zero-order valence-corrected chi connectivity index (χ0v) is 12.2. The van der Waals surface area contributed by atoms with Crippen molar-refractivity contribution in [1.82, 2.24) is 5.32 Å². The van der Waals surface area contributed by atoms with Gasteiger partial charge in [0.25, 0.3) is 0 Å². The fourth-order valence-electron chi connectivity index (χ4n) is 2.24. The predicted octanol–water partition coefficient (Wildman–Crippen LogP) is 3.99. The van der Waals surface area contributed by atoms with Crippen molar-refractivity contribution in [1.29, 1.82) is 0 Å².